The number of aliphatic carboxylic acids is 1. The molecule has 5 rings (SSSR count). The van der Waals surface area contributed by atoms with E-state index in [1.165, 1.54) is 5.56 Å². The van der Waals surface area contributed by atoms with Gasteiger partial charge in [0, 0.05) is 49.2 Å². The van der Waals surface area contributed by atoms with Crippen LogP contribution < -0.4 is 9.47 Å². The minimum Gasteiger partial charge on any atom is -0.493 e. The summed E-state index contributed by atoms with van der Waals surface area (Å²) in [7, 11) is 0. The molecular formula is C26H28ClNO5. The molecule has 3 aliphatic heterocycles. The summed E-state index contributed by atoms with van der Waals surface area (Å²) >= 11 is 6.77. The van der Waals surface area contributed by atoms with Gasteiger partial charge in [-0.15, -0.1) is 0 Å². The van der Waals surface area contributed by atoms with Crippen molar-refractivity contribution in [1.29, 1.82) is 0 Å². The molecule has 0 aliphatic carbocycles. The van der Waals surface area contributed by atoms with Crippen LogP contribution in [0.25, 0.3) is 5.03 Å². The molecule has 2 N–H and O–H groups in total. The van der Waals surface area contributed by atoms with Crippen molar-refractivity contribution in [2.75, 3.05) is 26.2 Å². The number of likely N-dealkylation sites (tertiary alicyclic amines) is 1. The Kier molecular flexibility index (Phi) is 5.85. The van der Waals surface area contributed by atoms with E-state index in [1.54, 1.807) is 0 Å². The van der Waals surface area contributed by atoms with E-state index in [0.717, 1.165) is 35.3 Å². The molecule has 0 aromatic heterocycles. The fourth-order valence-electron chi connectivity index (χ4n) is 4.85. The summed E-state index contributed by atoms with van der Waals surface area (Å²) in [5.74, 6) is -1.13. The van der Waals surface area contributed by atoms with E-state index >= 15 is 0 Å². The van der Waals surface area contributed by atoms with Crippen LogP contribution in [0.4, 0.5) is 0 Å². The van der Waals surface area contributed by atoms with E-state index < -0.39 is 11.8 Å². The van der Waals surface area contributed by atoms with Crippen LogP contribution in [0, 0.1) is 5.92 Å². The van der Waals surface area contributed by atoms with E-state index in [2.05, 4.69) is 17.9 Å². The fraction of sp³-hybridized carbons (Fsp3) is 0.423. The lowest BCUT2D eigenvalue weighted by molar-refractivity contribution is -0.147. The van der Waals surface area contributed by atoms with Gasteiger partial charge in [-0.3, -0.25) is 9.69 Å². The Labute approximate surface area is 198 Å². The number of fused-ring (bicyclic) bond motifs is 2. The highest BCUT2D eigenvalue weighted by atomic mass is 35.5. The molecule has 3 aliphatic rings. The molecule has 2 aromatic carbocycles. The van der Waals surface area contributed by atoms with Gasteiger partial charge in [0.1, 0.15) is 11.5 Å². The zero-order chi connectivity index (χ0) is 23.2. The summed E-state index contributed by atoms with van der Waals surface area (Å²) in [4.78, 5) is 13.2. The molecule has 0 bridgehead atoms. The largest absolute Gasteiger partial charge is 0.493 e. The number of carbonyl (C=O) groups is 1. The van der Waals surface area contributed by atoms with Crippen LogP contribution in [-0.2, 0) is 23.4 Å². The Hall–Kier alpha value is -2.54. The molecule has 6 nitrogen and oxygen atoms in total. The molecule has 0 spiro atoms. The van der Waals surface area contributed by atoms with E-state index in [0.29, 0.717) is 55.4 Å². The van der Waals surface area contributed by atoms with E-state index in [4.69, 9.17) is 26.2 Å². The van der Waals surface area contributed by atoms with E-state index in [9.17, 15) is 9.90 Å². The predicted octanol–water partition coefficient (Wildman–Crippen LogP) is 4.17. The molecule has 1 unspecified atom stereocenters. The molecule has 1 atom stereocenters. The highest BCUT2D eigenvalue weighted by Crippen LogP contribution is 2.43. The van der Waals surface area contributed by atoms with Crippen LogP contribution in [0.2, 0.25) is 0 Å². The SMILES string of the molecule is CCCc1ccc2c(c1)OC(O)(c1ccc3c(c1)OCCC(CN1CC(C(=O)O)C1)=C3Cl)C2. The number of nitrogens with zero attached hydrogens (tertiary/aromatic N) is 1. The number of hydrogen-bond acceptors (Lipinski definition) is 5. The monoisotopic (exact) mass is 469 g/mol. The van der Waals surface area contributed by atoms with Crippen molar-refractivity contribution in [3.05, 3.63) is 64.2 Å². The zero-order valence-corrected chi connectivity index (χ0v) is 19.4. The van der Waals surface area contributed by atoms with E-state index in [-0.39, 0.29) is 5.92 Å². The lowest BCUT2D eigenvalue weighted by Crippen LogP contribution is -2.50. The van der Waals surface area contributed by atoms with Crippen LogP contribution in [0.5, 0.6) is 11.5 Å². The Morgan fingerprint density at radius 2 is 2.03 bits per heavy atom. The predicted molar refractivity (Wildman–Crippen MR) is 126 cm³/mol. The Morgan fingerprint density at radius 3 is 2.79 bits per heavy atom. The van der Waals surface area contributed by atoms with Crippen molar-refractivity contribution >= 4 is 22.6 Å². The summed E-state index contributed by atoms with van der Waals surface area (Å²) < 4.78 is 12.1. The molecule has 3 heterocycles. The number of aryl methyl sites for hydroxylation is 1. The molecular weight excluding hydrogens is 442 g/mol. The molecule has 0 amide bonds. The van der Waals surface area contributed by atoms with Crippen LogP contribution >= 0.6 is 11.6 Å². The standard InChI is InChI=1S/C26H28ClNO5/c1-2-3-16-4-5-17-12-26(31,33-22(17)10-16)20-6-7-21-23(11-20)32-9-8-18(24(21)27)13-28-14-19(15-28)25(29)30/h4-7,10-11,19,31H,2-3,8-9,12-15H2,1H3,(H,29,30). The quantitative estimate of drug-likeness (QED) is 0.661. The van der Waals surface area contributed by atoms with Crippen LogP contribution in [0.1, 0.15) is 42.0 Å². The number of carboxylic acids is 1. The van der Waals surface area contributed by atoms with Gasteiger partial charge in [-0.25, -0.2) is 0 Å². The molecule has 0 radical (unpaired) electrons. The first kappa shape index (κ1) is 22.3. The summed E-state index contributed by atoms with van der Waals surface area (Å²) in [6.07, 6.45) is 3.08. The van der Waals surface area contributed by atoms with Gasteiger partial charge >= 0.3 is 5.97 Å². The third-order valence-corrected chi connectivity index (χ3v) is 7.21. The van der Waals surface area contributed by atoms with Crippen molar-refractivity contribution in [3.63, 3.8) is 0 Å². The second kappa shape index (κ2) is 8.67. The molecule has 1 saturated heterocycles. The molecule has 0 saturated carbocycles. The van der Waals surface area contributed by atoms with Crippen LogP contribution in [0.3, 0.4) is 0 Å². The summed E-state index contributed by atoms with van der Waals surface area (Å²) in [6, 6.07) is 11.7. The maximum absolute atomic E-state index is 11.3. The Bertz CT molecular complexity index is 1120. The molecule has 7 heteroatoms. The Morgan fingerprint density at radius 1 is 1.21 bits per heavy atom. The normalized spacial score (nSPS) is 22.6. The number of ether oxygens (including phenoxy) is 2. The second-order valence-corrected chi connectivity index (χ2v) is 9.59. The average Bonchev–Trinajstić information content (AvgIpc) is 3.02. The summed E-state index contributed by atoms with van der Waals surface area (Å²) in [6.45, 7) is 4.33. The smallest absolute Gasteiger partial charge is 0.309 e. The first-order chi connectivity index (χ1) is 15.9. The highest BCUT2D eigenvalue weighted by Gasteiger charge is 2.40. The third kappa shape index (κ3) is 4.23. The number of carboxylic acid groups (broad SMARTS) is 1. The molecule has 33 heavy (non-hydrogen) atoms. The van der Waals surface area contributed by atoms with Crippen LogP contribution in [-0.4, -0.2) is 47.3 Å². The van der Waals surface area contributed by atoms with E-state index in [1.807, 2.05) is 30.3 Å². The van der Waals surface area contributed by atoms with Crippen LogP contribution in [0.15, 0.2) is 42.0 Å². The first-order valence-electron chi connectivity index (χ1n) is 11.5. The minimum absolute atomic E-state index is 0.296. The van der Waals surface area contributed by atoms with Gasteiger partial charge < -0.3 is 19.7 Å². The summed E-state index contributed by atoms with van der Waals surface area (Å²) in [5.41, 5.74) is 4.65. The molecule has 1 fully saturated rings. The maximum atomic E-state index is 11.3. The fourth-order valence-corrected chi connectivity index (χ4v) is 5.16. The maximum Gasteiger partial charge on any atom is 0.309 e. The van der Waals surface area contributed by atoms with Crippen molar-refractivity contribution in [2.24, 2.45) is 5.92 Å². The number of benzene rings is 2. The average molecular weight is 470 g/mol. The molecule has 174 valence electrons. The third-order valence-electron chi connectivity index (χ3n) is 6.74. The number of rotatable bonds is 6. The minimum atomic E-state index is -1.44. The first-order valence-corrected chi connectivity index (χ1v) is 11.9. The Balaban J connectivity index is 1.36. The van der Waals surface area contributed by atoms with Crippen molar-refractivity contribution in [1.82, 2.24) is 4.90 Å². The van der Waals surface area contributed by atoms with Crippen molar-refractivity contribution in [3.8, 4) is 11.5 Å². The zero-order valence-electron chi connectivity index (χ0n) is 18.6. The van der Waals surface area contributed by atoms with Gasteiger partial charge in [-0.2, -0.15) is 0 Å². The number of halogens is 1. The topological polar surface area (TPSA) is 79.2 Å². The second-order valence-electron chi connectivity index (χ2n) is 9.21. The number of aliphatic hydroxyl groups is 1. The van der Waals surface area contributed by atoms with Gasteiger partial charge in [0.15, 0.2) is 0 Å². The van der Waals surface area contributed by atoms with Gasteiger partial charge in [0.2, 0.25) is 5.79 Å². The van der Waals surface area contributed by atoms with Crippen molar-refractivity contribution in [2.45, 2.75) is 38.4 Å². The lowest BCUT2D eigenvalue weighted by atomic mass is 9.96. The molecule has 2 aromatic rings. The number of hydrogen-bond donors (Lipinski definition) is 2. The van der Waals surface area contributed by atoms with Gasteiger partial charge in [0.25, 0.3) is 0 Å². The lowest BCUT2D eigenvalue weighted by Gasteiger charge is -2.37. The van der Waals surface area contributed by atoms with Gasteiger partial charge in [0.05, 0.1) is 17.6 Å². The van der Waals surface area contributed by atoms with Gasteiger partial charge in [-0.05, 0) is 35.8 Å². The summed E-state index contributed by atoms with van der Waals surface area (Å²) in [5, 5.41) is 21.1. The van der Waals surface area contributed by atoms with Gasteiger partial charge in [-0.1, -0.05) is 43.1 Å². The highest BCUT2D eigenvalue weighted by molar-refractivity contribution is 6.49. The van der Waals surface area contributed by atoms with Crippen molar-refractivity contribution < 1.29 is 24.5 Å².